The summed E-state index contributed by atoms with van der Waals surface area (Å²) in [6.07, 6.45) is 0. The van der Waals surface area contributed by atoms with Gasteiger partial charge in [-0.1, -0.05) is 30.3 Å². The molecule has 2 aromatic carbocycles. The lowest BCUT2D eigenvalue weighted by atomic mass is 10.1. The van der Waals surface area contributed by atoms with Crippen LogP contribution < -0.4 is 5.32 Å². The molecule has 0 spiro atoms. The number of anilines is 1. The van der Waals surface area contributed by atoms with E-state index in [1.807, 2.05) is 47.0 Å². The number of hydrogen-bond acceptors (Lipinski definition) is 2. The van der Waals surface area contributed by atoms with Crippen molar-refractivity contribution in [3.05, 3.63) is 42.5 Å². The Morgan fingerprint density at radius 2 is 2.05 bits per heavy atom. The Balaban J connectivity index is 1.79. The van der Waals surface area contributed by atoms with E-state index >= 15 is 0 Å². The van der Waals surface area contributed by atoms with Gasteiger partial charge in [-0.3, -0.25) is 0 Å². The predicted molar refractivity (Wildman–Crippen MR) is 81.6 cm³/mol. The van der Waals surface area contributed by atoms with Gasteiger partial charge in [0.15, 0.2) is 0 Å². The van der Waals surface area contributed by atoms with E-state index in [9.17, 15) is 4.79 Å². The zero-order valence-corrected chi connectivity index (χ0v) is 11.6. The third-order valence-corrected chi connectivity index (χ3v) is 4.55. The summed E-state index contributed by atoms with van der Waals surface area (Å²) in [7, 11) is 0. The first-order valence-corrected chi connectivity index (χ1v) is 7.47. The van der Waals surface area contributed by atoms with Gasteiger partial charge in [0.25, 0.3) is 0 Å². The average Bonchev–Trinajstić information content (AvgIpc) is 2.85. The maximum absolute atomic E-state index is 12.2. The number of rotatable bonds is 1. The monoisotopic (exact) mass is 272 g/mol. The summed E-state index contributed by atoms with van der Waals surface area (Å²) in [5.41, 5.74) is 0.854. The molecule has 3 rings (SSSR count). The Kier molecular flexibility index (Phi) is 3.34. The highest BCUT2D eigenvalue weighted by atomic mass is 32.2. The van der Waals surface area contributed by atoms with Gasteiger partial charge in [0.2, 0.25) is 0 Å². The second-order valence-electron chi connectivity index (χ2n) is 4.66. The fraction of sp³-hybridized carbons (Fsp3) is 0.267. The third-order valence-electron chi connectivity index (χ3n) is 3.39. The van der Waals surface area contributed by atoms with Crippen LogP contribution in [0, 0.1) is 0 Å². The molecule has 19 heavy (non-hydrogen) atoms. The number of benzene rings is 2. The SMILES string of the molecule is CC1SCCN1C(=O)Nc1ccc2ccccc2c1. The number of fused-ring (bicyclic) bond motifs is 1. The van der Waals surface area contributed by atoms with Crippen molar-refractivity contribution in [3.8, 4) is 0 Å². The Hall–Kier alpha value is -1.68. The van der Waals surface area contributed by atoms with Crippen LogP contribution in [0.4, 0.5) is 10.5 Å². The molecule has 0 aliphatic carbocycles. The summed E-state index contributed by atoms with van der Waals surface area (Å²) in [4.78, 5) is 14.0. The molecule has 0 bridgehead atoms. The van der Waals surface area contributed by atoms with Gasteiger partial charge in [0, 0.05) is 18.0 Å². The highest BCUT2D eigenvalue weighted by Crippen LogP contribution is 2.24. The van der Waals surface area contributed by atoms with E-state index in [0.717, 1.165) is 23.4 Å². The first kappa shape index (κ1) is 12.4. The number of carbonyl (C=O) groups excluding carboxylic acids is 1. The molecule has 0 aromatic heterocycles. The average molecular weight is 272 g/mol. The first-order valence-electron chi connectivity index (χ1n) is 6.42. The van der Waals surface area contributed by atoms with Crippen LogP contribution in [0.2, 0.25) is 0 Å². The largest absolute Gasteiger partial charge is 0.322 e. The van der Waals surface area contributed by atoms with E-state index in [1.54, 1.807) is 0 Å². The van der Waals surface area contributed by atoms with Crippen molar-refractivity contribution in [3.63, 3.8) is 0 Å². The minimum Gasteiger partial charge on any atom is -0.312 e. The van der Waals surface area contributed by atoms with Crippen LogP contribution in [0.5, 0.6) is 0 Å². The van der Waals surface area contributed by atoms with Crippen LogP contribution in [0.15, 0.2) is 42.5 Å². The van der Waals surface area contributed by atoms with Crippen LogP contribution in [0.1, 0.15) is 6.92 Å². The molecule has 2 aromatic rings. The van der Waals surface area contributed by atoms with Gasteiger partial charge >= 0.3 is 6.03 Å². The normalized spacial score (nSPS) is 18.8. The molecule has 3 nitrogen and oxygen atoms in total. The lowest BCUT2D eigenvalue weighted by molar-refractivity contribution is 0.216. The smallest absolute Gasteiger partial charge is 0.312 e. The maximum Gasteiger partial charge on any atom is 0.322 e. The Bertz CT molecular complexity index is 614. The van der Waals surface area contributed by atoms with Crippen molar-refractivity contribution in [2.24, 2.45) is 0 Å². The van der Waals surface area contributed by atoms with E-state index in [1.165, 1.54) is 5.39 Å². The highest BCUT2D eigenvalue weighted by molar-refractivity contribution is 8.00. The number of thioether (sulfide) groups is 1. The molecule has 1 aliphatic heterocycles. The zero-order chi connectivity index (χ0) is 13.2. The lowest BCUT2D eigenvalue weighted by Crippen LogP contribution is -2.36. The van der Waals surface area contributed by atoms with E-state index in [0.29, 0.717) is 0 Å². The summed E-state index contributed by atoms with van der Waals surface area (Å²) in [5.74, 6) is 1.02. The molecule has 1 fully saturated rings. The van der Waals surface area contributed by atoms with E-state index in [-0.39, 0.29) is 11.4 Å². The van der Waals surface area contributed by atoms with Crippen LogP contribution >= 0.6 is 11.8 Å². The van der Waals surface area contributed by atoms with Crippen LogP contribution in [0.25, 0.3) is 10.8 Å². The van der Waals surface area contributed by atoms with Crippen LogP contribution in [-0.4, -0.2) is 28.6 Å². The highest BCUT2D eigenvalue weighted by Gasteiger charge is 2.25. The minimum atomic E-state index is -0.00668. The van der Waals surface area contributed by atoms with Crippen molar-refractivity contribution in [1.29, 1.82) is 0 Å². The number of nitrogens with zero attached hydrogens (tertiary/aromatic N) is 1. The Labute approximate surface area is 117 Å². The molecule has 1 saturated heterocycles. The maximum atomic E-state index is 12.2. The molecule has 1 aliphatic rings. The molecule has 1 atom stereocenters. The minimum absolute atomic E-state index is 0.00668. The number of hydrogen-bond donors (Lipinski definition) is 1. The third kappa shape index (κ3) is 2.54. The quantitative estimate of drug-likeness (QED) is 0.857. The molecule has 1 N–H and O–H groups in total. The second kappa shape index (κ2) is 5.13. The lowest BCUT2D eigenvalue weighted by Gasteiger charge is -2.21. The molecular formula is C15H16N2OS. The van der Waals surface area contributed by atoms with Crippen LogP contribution in [0.3, 0.4) is 0 Å². The predicted octanol–water partition coefficient (Wildman–Crippen LogP) is 3.77. The standard InChI is InChI=1S/C15H16N2OS/c1-11-17(8-9-19-11)15(18)16-14-7-6-12-4-2-3-5-13(12)10-14/h2-7,10-11H,8-9H2,1H3,(H,16,18). The van der Waals surface area contributed by atoms with Crippen molar-refractivity contribution < 1.29 is 4.79 Å². The van der Waals surface area contributed by atoms with Gasteiger partial charge in [-0.05, 0) is 29.8 Å². The van der Waals surface area contributed by atoms with Gasteiger partial charge in [0.1, 0.15) is 0 Å². The van der Waals surface area contributed by atoms with Crippen molar-refractivity contribution in [1.82, 2.24) is 4.90 Å². The fourth-order valence-electron chi connectivity index (χ4n) is 2.32. The summed E-state index contributed by atoms with van der Waals surface area (Å²) >= 11 is 1.81. The van der Waals surface area contributed by atoms with Crippen molar-refractivity contribution >= 4 is 34.3 Å². The van der Waals surface area contributed by atoms with Crippen molar-refractivity contribution in [2.45, 2.75) is 12.3 Å². The van der Waals surface area contributed by atoms with Gasteiger partial charge in [-0.15, -0.1) is 11.8 Å². The molecule has 1 unspecified atom stereocenters. The van der Waals surface area contributed by atoms with E-state index < -0.39 is 0 Å². The number of nitrogens with one attached hydrogen (secondary N) is 1. The molecule has 98 valence electrons. The number of urea groups is 1. The molecule has 1 heterocycles. The summed E-state index contributed by atoms with van der Waals surface area (Å²) in [5, 5.41) is 5.57. The molecule has 2 amide bonds. The second-order valence-corrected chi connectivity index (χ2v) is 6.08. The van der Waals surface area contributed by atoms with Crippen LogP contribution in [-0.2, 0) is 0 Å². The molecule has 4 heteroatoms. The summed E-state index contributed by atoms with van der Waals surface area (Å²) in [6.45, 7) is 2.89. The van der Waals surface area contributed by atoms with Gasteiger partial charge in [0.05, 0.1) is 5.37 Å². The molecule has 0 saturated carbocycles. The van der Waals surface area contributed by atoms with Gasteiger partial charge in [-0.2, -0.15) is 0 Å². The van der Waals surface area contributed by atoms with E-state index in [2.05, 4.69) is 24.4 Å². The van der Waals surface area contributed by atoms with Gasteiger partial charge in [-0.25, -0.2) is 4.79 Å². The van der Waals surface area contributed by atoms with E-state index in [4.69, 9.17) is 0 Å². The Morgan fingerprint density at radius 3 is 2.79 bits per heavy atom. The fourth-order valence-corrected chi connectivity index (χ4v) is 3.35. The number of amides is 2. The molecule has 0 radical (unpaired) electrons. The Morgan fingerprint density at radius 1 is 1.26 bits per heavy atom. The van der Waals surface area contributed by atoms with Crippen molar-refractivity contribution in [2.75, 3.05) is 17.6 Å². The topological polar surface area (TPSA) is 32.3 Å². The summed E-state index contributed by atoms with van der Waals surface area (Å²) < 4.78 is 0. The molecular weight excluding hydrogens is 256 g/mol. The van der Waals surface area contributed by atoms with Gasteiger partial charge < -0.3 is 10.2 Å². The zero-order valence-electron chi connectivity index (χ0n) is 10.8. The first-order chi connectivity index (χ1) is 9.24. The number of carbonyl (C=O) groups is 1. The summed E-state index contributed by atoms with van der Waals surface area (Å²) in [6, 6.07) is 14.1.